The number of fused-ring (bicyclic) bond motifs is 1. The van der Waals surface area contributed by atoms with Crippen molar-refractivity contribution in [2.45, 2.75) is 61.1 Å². The molecule has 37 heavy (non-hydrogen) atoms. The molecule has 1 aromatic rings. The van der Waals surface area contributed by atoms with E-state index in [1.54, 1.807) is 27.6 Å². The molecule has 1 spiro atoms. The standard InChI is InChI=1S/C29H38N2O5S/c1-4-7-16-30(15-5-2)27(34)25-29-14-13-22(37-29)23(28(35)36-17-6-3)24(29)26(33)31(25)21(19-32)18-20-11-9-8-10-12-20/h5-6,8-12,21-25,32H,2-4,7,13-19H2,1H3/t21-,22+,23-,24+,25?,29?/m1/s1. The molecule has 7 nitrogen and oxygen atoms in total. The first-order valence-electron chi connectivity index (χ1n) is 13.2. The van der Waals surface area contributed by atoms with Crippen LogP contribution in [-0.4, -0.2) is 81.1 Å². The zero-order valence-corrected chi connectivity index (χ0v) is 22.4. The van der Waals surface area contributed by atoms with E-state index in [1.165, 1.54) is 6.08 Å². The van der Waals surface area contributed by atoms with Crippen LogP contribution in [0.2, 0.25) is 0 Å². The van der Waals surface area contributed by atoms with Crippen LogP contribution in [0.5, 0.6) is 0 Å². The summed E-state index contributed by atoms with van der Waals surface area (Å²) in [5.74, 6) is -2.00. The second-order valence-corrected chi connectivity index (χ2v) is 11.8. The zero-order valence-electron chi connectivity index (χ0n) is 21.6. The van der Waals surface area contributed by atoms with E-state index in [0.29, 0.717) is 25.9 Å². The number of rotatable bonds is 13. The summed E-state index contributed by atoms with van der Waals surface area (Å²) in [4.78, 5) is 45.1. The Labute approximate surface area is 223 Å². The molecule has 8 heteroatoms. The van der Waals surface area contributed by atoms with Gasteiger partial charge in [0.25, 0.3) is 0 Å². The molecular weight excluding hydrogens is 488 g/mol. The third-order valence-corrected chi connectivity index (χ3v) is 9.90. The lowest BCUT2D eigenvalue weighted by Gasteiger charge is -2.39. The lowest BCUT2D eigenvalue weighted by Crippen LogP contribution is -2.58. The summed E-state index contributed by atoms with van der Waals surface area (Å²) in [7, 11) is 0. The van der Waals surface area contributed by atoms with Crippen molar-refractivity contribution in [1.82, 2.24) is 9.80 Å². The molecule has 3 fully saturated rings. The van der Waals surface area contributed by atoms with Crippen LogP contribution >= 0.6 is 11.8 Å². The number of thioether (sulfide) groups is 1. The minimum Gasteiger partial charge on any atom is -0.461 e. The second-order valence-electron chi connectivity index (χ2n) is 10.2. The van der Waals surface area contributed by atoms with Gasteiger partial charge in [0.05, 0.1) is 29.2 Å². The van der Waals surface area contributed by atoms with Crippen LogP contribution < -0.4 is 0 Å². The molecule has 0 saturated carbocycles. The van der Waals surface area contributed by atoms with Crippen LogP contribution in [-0.2, 0) is 25.5 Å². The van der Waals surface area contributed by atoms with E-state index in [-0.39, 0.29) is 30.3 Å². The Morgan fingerprint density at radius 3 is 2.70 bits per heavy atom. The van der Waals surface area contributed by atoms with Gasteiger partial charge in [-0.05, 0) is 31.2 Å². The largest absolute Gasteiger partial charge is 0.461 e. The maximum Gasteiger partial charge on any atom is 0.311 e. The lowest BCUT2D eigenvalue weighted by molar-refractivity contribution is -0.153. The first-order valence-corrected chi connectivity index (χ1v) is 14.1. The molecule has 2 bridgehead atoms. The topological polar surface area (TPSA) is 87.2 Å². The van der Waals surface area contributed by atoms with E-state index in [0.717, 1.165) is 24.8 Å². The molecule has 1 N–H and O–H groups in total. The zero-order chi connectivity index (χ0) is 26.6. The molecule has 3 aliphatic heterocycles. The van der Waals surface area contributed by atoms with Crippen LogP contribution in [0.25, 0.3) is 0 Å². The second kappa shape index (κ2) is 11.9. The Bertz CT molecular complexity index is 1020. The van der Waals surface area contributed by atoms with E-state index in [2.05, 4.69) is 20.1 Å². The highest BCUT2D eigenvalue weighted by atomic mass is 32.2. The molecule has 3 heterocycles. The fraction of sp³-hybridized carbons (Fsp3) is 0.552. The van der Waals surface area contributed by atoms with Crippen molar-refractivity contribution in [2.75, 3.05) is 26.3 Å². The number of carbonyl (C=O) groups excluding carboxylic acids is 3. The van der Waals surface area contributed by atoms with Gasteiger partial charge in [-0.25, -0.2) is 0 Å². The van der Waals surface area contributed by atoms with E-state index < -0.39 is 34.6 Å². The smallest absolute Gasteiger partial charge is 0.311 e. The van der Waals surface area contributed by atoms with E-state index in [9.17, 15) is 19.5 Å². The Kier molecular flexibility index (Phi) is 8.80. The quantitative estimate of drug-likeness (QED) is 0.314. The van der Waals surface area contributed by atoms with Crippen molar-refractivity contribution >= 4 is 29.5 Å². The fourth-order valence-corrected chi connectivity index (χ4v) is 8.56. The molecule has 4 rings (SSSR count). The summed E-state index contributed by atoms with van der Waals surface area (Å²) in [6.07, 6.45) is 6.86. The monoisotopic (exact) mass is 526 g/mol. The Hall–Kier alpha value is -2.58. The number of esters is 1. The fourth-order valence-electron chi connectivity index (χ4n) is 6.38. The molecule has 3 aliphatic rings. The number of aliphatic hydroxyl groups excluding tert-OH is 1. The number of ether oxygens (including phenoxy) is 1. The van der Waals surface area contributed by atoms with Gasteiger partial charge in [0.1, 0.15) is 12.6 Å². The number of hydrogen-bond donors (Lipinski definition) is 1. The summed E-state index contributed by atoms with van der Waals surface area (Å²) in [5.41, 5.74) is 0.975. The number of carbonyl (C=O) groups is 3. The highest BCUT2D eigenvalue weighted by Gasteiger charge is 2.74. The molecule has 0 radical (unpaired) electrons. The van der Waals surface area contributed by atoms with Crippen molar-refractivity contribution in [3.8, 4) is 0 Å². The SMILES string of the molecule is C=CCOC(=O)[C@@H]1[C@@H]2CCC3(S2)C(C(=O)N(CC=C)CCCC)N([C@@H](CO)Cc2ccccc2)C(=O)[C@H]13. The van der Waals surface area contributed by atoms with Crippen LogP contribution in [0.15, 0.2) is 55.6 Å². The minimum absolute atomic E-state index is 0.0612. The Morgan fingerprint density at radius 1 is 1.30 bits per heavy atom. The van der Waals surface area contributed by atoms with Crippen molar-refractivity contribution in [3.05, 3.63) is 61.2 Å². The van der Waals surface area contributed by atoms with Crippen molar-refractivity contribution in [1.29, 1.82) is 0 Å². The van der Waals surface area contributed by atoms with Crippen LogP contribution in [0.1, 0.15) is 38.2 Å². The van der Waals surface area contributed by atoms with Crippen LogP contribution in [0.4, 0.5) is 0 Å². The molecule has 1 aromatic carbocycles. The molecule has 6 atom stereocenters. The normalized spacial score (nSPS) is 28.6. The Morgan fingerprint density at radius 2 is 2.05 bits per heavy atom. The molecule has 3 saturated heterocycles. The van der Waals surface area contributed by atoms with Crippen molar-refractivity contribution in [3.63, 3.8) is 0 Å². The first-order chi connectivity index (χ1) is 17.9. The summed E-state index contributed by atoms with van der Waals surface area (Å²) >= 11 is 1.61. The number of likely N-dealkylation sites (tertiary alicyclic amines) is 1. The predicted molar refractivity (Wildman–Crippen MR) is 145 cm³/mol. The average Bonchev–Trinajstić information content (AvgIpc) is 3.56. The molecule has 0 aromatic heterocycles. The van der Waals surface area contributed by atoms with Gasteiger partial charge in [0.2, 0.25) is 11.8 Å². The van der Waals surface area contributed by atoms with Gasteiger partial charge in [-0.2, -0.15) is 0 Å². The van der Waals surface area contributed by atoms with Gasteiger partial charge >= 0.3 is 5.97 Å². The molecular formula is C29H38N2O5S. The van der Waals surface area contributed by atoms with Gasteiger partial charge in [-0.1, -0.05) is 62.4 Å². The predicted octanol–water partition coefficient (Wildman–Crippen LogP) is 3.23. The number of hydrogen-bond acceptors (Lipinski definition) is 6. The third kappa shape index (κ3) is 4.98. The van der Waals surface area contributed by atoms with Gasteiger partial charge in [0.15, 0.2) is 0 Å². The summed E-state index contributed by atoms with van der Waals surface area (Å²) in [5, 5.41) is 10.5. The van der Waals surface area contributed by atoms with Gasteiger partial charge in [0, 0.05) is 18.3 Å². The van der Waals surface area contributed by atoms with Crippen molar-refractivity contribution in [2.24, 2.45) is 11.8 Å². The van der Waals surface area contributed by atoms with E-state index >= 15 is 0 Å². The highest BCUT2D eigenvalue weighted by Crippen LogP contribution is 2.67. The number of aliphatic hydroxyl groups is 1. The maximum atomic E-state index is 14.3. The number of unbranched alkanes of at least 4 members (excludes halogenated alkanes) is 1. The molecule has 2 amide bonds. The highest BCUT2D eigenvalue weighted by molar-refractivity contribution is 8.02. The summed E-state index contributed by atoms with van der Waals surface area (Å²) in [6, 6.07) is 8.35. The van der Waals surface area contributed by atoms with Crippen molar-refractivity contribution < 1.29 is 24.2 Å². The van der Waals surface area contributed by atoms with Crippen LogP contribution in [0, 0.1) is 11.8 Å². The van der Waals surface area contributed by atoms with E-state index in [1.807, 2.05) is 30.3 Å². The lowest BCUT2D eigenvalue weighted by atomic mass is 9.71. The first kappa shape index (κ1) is 27.5. The molecule has 2 unspecified atom stereocenters. The van der Waals surface area contributed by atoms with Gasteiger partial charge in [-0.3, -0.25) is 14.4 Å². The molecule has 0 aliphatic carbocycles. The average molecular weight is 527 g/mol. The molecule has 200 valence electrons. The van der Waals surface area contributed by atoms with Gasteiger partial charge in [-0.15, -0.1) is 18.3 Å². The summed E-state index contributed by atoms with van der Waals surface area (Å²) < 4.78 is 4.72. The Balaban J connectivity index is 1.75. The van der Waals surface area contributed by atoms with Gasteiger partial charge < -0.3 is 19.6 Å². The summed E-state index contributed by atoms with van der Waals surface area (Å²) in [6.45, 7) is 10.3. The maximum absolute atomic E-state index is 14.3. The number of benzene rings is 1. The van der Waals surface area contributed by atoms with Crippen LogP contribution in [0.3, 0.4) is 0 Å². The number of amides is 2. The third-order valence-electron chi connectivity index (χ3n) is 7.95. The van der Waals surface area contributed by atoms with E-state index in [4.69, 9.17) is 4.74 Å². The number of nitrogens with zero attached hydrogens (tertiary/aromatic N) is 2. The minimum atomic E-state index is -0.755.